The van der Waals surface area contributed by atoms with E-state index in [0.29, 0.717) is 11.5 Å². The highest BCUT2D eigenvalue weighted by molar-refractivity contribution is 14.1. The topological polar surface area (TPSA) is 61.4 Å². The summed E-state index contributed by atoms with van der Waals surface area (Å²) in [5.74, 6) is 0.625. The summed E-state index contributed by atoms with van der Waals surface area (Å²) < 4.78 is 1.12. The van der Waals surface area contributed by atoms with Gasteiger partial charge in [0.25, 0.3) is 5.91 Å². The third-order valence-electron chi connectivity index (χ3n) is 4.76. The molecule has 142 valence electrons. The predicted octanol–water partition coefficient (Wildman–Crippen LogP) is 4.21. The monoisotopic (exact) mass is 477 g/mol. The summed E-state index contributed by atoms with van der Waals surface area (Å²) in [5, 5.41) is 5.95. The molecule has 5 nitrogen and oxygen atoms in total. The molecule has 0 atom stereocenters. The minimum atomic E-state index is -0.127. The number of halogens is 1. The van der Waals surface area contributed by atoms with Gasteiger partial charge in [-0.05, 0) is 83.8 Å². The van der Waals surface area contributed by atoms with E-state index in [4.69, 9.17) is 0 Å². The summed E-state index contributed by atoms with van der Waals surface area (Å²) in [7, 11) is 0. The fraction of sp³-hybridized carbons (Fsp3) is 0.333. The summed E-state index contributed by atoms with van der Waals surface area (Å²) in [6.45, 7) is 4.00. The van der Waals surface area contributed by atoms with Crippen LogP contribution in [0.3, 0.4) is 0 Å². The number of piperidine rings is 1. The molecule has 6 heteroatoms. The Kier molecular flexibility index (Phi) is 6.71. The molecule has 0 radical (unpaired) electrons. The molecule has 3 rings (SSSR count). The van der Waals surface area contributed by atoms with Crippen molar-refractivity contribution in [2.75, 3.05) is 30.3 Å². The molecule has 1 aliphatic rings. The number of nitrogens with zero attached hydrogens (tertiary/aromatic N) is 1. The van der Waals surface area contributed by atoms with Crippen molar-refractivity contribution in [3.05, 3.63) is 57.7 Å². The lowest BCUT2D eigenvalue weighted by Gasteiger charge is -2.30. The number of hydrogen-bond acceptors (Lipinski definition) is 3. The molecule has 2 aromatic carbocycles. The third-order valence-corrected chi connectivity index (χ3v) is 5.48. The van der Waals surface area contributed by atoms with Crippen LogP contribution < -0.4 is 10.6 Å². The molecule has 1 heterocycles. The number of rotatable bonds is 5. The maximum Gasteiger partial charge on any atom is 0.253 e. The number of likely N-dealkylation sites (tertiary alicyclic amines) is 1. The third kappa shape index (κ3) is 5.69. The van der Waals surface area contributed by atoms with Crippen LogP contribution >= 0.6 is 22.6 Å². The van der Waals surface area contributed by atoms with Crippen LogP contribution in [-0.4, -0.2) is 36.3 Å². The van der Waals surface area contributed by atoms with Crippen molar-refractivity contribution in [3.8, 4) is 0 Å². The van der Waals surface area contributed by atoms with Crippen LogP contribution in [0.1, 0.15) is 30.1 Å². The van der Waals surface area contributed by atoms with Gasteiger partial charge >= 0.3 is 0 Å². The van der Waals surface area contributed by atoms with E-state index >= 15 is 0 Å². The van der Waals surface area contributed by atoms with Gasteiger partial charge in [0.1, 0.15) is 0 Å². The molecular formula is C21H24IN3O2. The summed E-state index contributed by atoms with van der Waals surface area (Å²) in [5.41, 5.74) is 2.20. The number of carbonyl (C=O) groups excluding carboxylic acids is 2. The molecular weight excluding hydrogens is 453 g/mol. The van der Waals surface area contributed by atoms with Gasteiger partial charge < -0.3 is 15.5 Å². The van der Waals surface area contributed by atoms with Gasteiger partial charge in [-0.2, -0.15) is 0 Å². The number of nitrogens with one attached hydrogen (secondary N) is 2. The zero-order valence-electron chi connectivity index (χ0n) is 15.4. The van der Waals surface area contributed by atoms with E-state index in [1.807, 2.05) is 53.4 Å². The molecule has 0 aliphatic carbocycles. The van der Waals surface area contributed by atoms with Gasteiger partial charge in [0, 0.05) is 33.6 Å². The van der Waals surface area contributed by atoms with E-state index in [1.165, 1.54) is 0 Å². The average Bonchev–Trinajstić information content (AvgIpc) is 2.68. The molecule has 2 aromatic rings. The van der Waals surface area contributed by atoms with Crippen LogP contribution in [0.15, 0.2) is 48.5 Å². The normalized spacial score (nSPS) is 14.7. The van der Waals surface area contributed by atoms with Gasteiger partial charge in [0.2, 0.25) is 5.91 Å². The highest BCUT2D eigenvalue weighted by Crippen LogP contribution is 2.19. The van der Waals surface area contributed by atoms with Crippen molar-refractivity contribution in [2.45, 2.75) is 19.8 Å². The van der Waals surface area contributed by atoms with Crippen LogP contribution in [0.4, 0.5) is 11.4 Å². The van der Waals surface area contributed by atoms with Crippen LogP contribution in [-0.2, 0) is 4.79 Å². The fourth-order valence-electron chi connectivity index (χ4n) is 3.08. The average molecular weight is 477 g/mol. The molecule has 2 N–H and O–H groups in total. The van der Waals surface area contributed by atoms with Crippen LogP contribution in [0.5, 0.6) is 0 Å². The van der Waals surface area contributed by atoms with E-state index in [0.717, 1.165) is 40.9 Å². The first-order valence-electron chi connectivity index (χ1n) is 9.20. The SMILES string of the molecule is CC1CCN(C(=O)c2cccc(NCC(=O)Nc3ccc(I)cc3)c2)CC1. The Balaban J connectivity index is 1.55. The minimum absolute atomic E-state index is 0.0638. The van der Waals surface area contributed by atoms with Crippen molar-refractivity contribution < 1.29 is 9.59 Å². The summed E-state index contributed by atoms with van der Waals surface area (Å²) >= 11 is 2.22. The van der Waals surface area contributed by atoms with Gasteiger partial charge in [-0.25, -0.2) is 0 Å². The van der Waals surface area contributed by atoms with Crippen molar-refractivity contribution in [2.24, 2.45) is 5.92 Å². The molecule has 0 unspecified atom stereocenters. The molecule has 2 amide bonds. The lowest BCUT2D eigenvalue weighted by Crippen LogP contribution is -2.37. The Hall–Kier alpha value is -2.09. The number of carbonyl (C=O) groups is 2. The van der Waals surface area contributed by atoms with Gasteiger partial charge in [-0.1, -0.05) is 13.0 Å². The lowest BCUT2D eigenvalue weighted by molar-refractivity contribution is -0.114. The van der Waals surface area contributed by atoms with E-state index < -0.39 is 0 Å². The zero-order chi connectivity index (χ0) is 19.2. The van der Waals surface area contributed by atoms with Gasteiger partial charge in [0.15, 0.2) is 0 Å². The Morgan fingerprint density at radius 1 is 1.07 bits per heavy atom. The highest BCUT2D eigenvalue weighted by Gasteiger charge is 2.21. The van der Waals surface area contributed by atoms with E-state index in [2.05, 4.69) is 40.1 Å². The smallest absolute Gasteiger partial charge is 0.253 e. The number of benzene rings is 2. The first-order valence-corrected chi connectivity index (χ1v) is 10.3. The van der Waals surface area contributed by atoms with Crippen LogP contribution in [0.2, 0.25) is 0 Å². The maximum absolute atomic E-state index is 12.7. The van der Waals surface area contributed by atoms with Crippen molar-refractivity contribution in [1.82, 2.24) is 4.90 Å². The summed E-state index contributed by atoms with van der Waals surface area (Å²) in [6, 6.07) is 15.0. The quantitative estimate of drug-likeness (QED) is 0.635. The molecule has 0 saturated carbocycles. The van der Waals surface area contributed by atoms with Crippen LogP contribution in [0, 0.1) is 9.49 Å². The Labute approximate surface area is 173 Å². The summed E-state index contributed by atoms with van der Waals surface area (Å²) in [6.07, 6.45) is 2.12. The fourth-order valence-corrected chi connectivity index (χ4v) is 3.44. The predicted molar refractivity (Wildman–Crippen MR) is 117 cm³/mol. The van der Waals surface area contributed by atoms with Crippen molar-refractivity contribution in [1.29, 1.82) is 0 Å². The summed E-state index contributed by atoms with van der Waals surface area (Å²) in [4.78, 5) is 26.7. The Morgan fingerprint density at radius 2 is 1.78 bits per heavy atom. The molecule has 27 heavy (non-hydrogen) atoms. The Bertz CT molecular complexity index is 799. The largest absolute Gasteiger partial charge is 0.376 e. The zero-order valence-corrected chi connectivity index (χ0v) is 17.5. The molecule has 1 aliphatic heterocycles. The van der Waals surface area contributed by atoms with E-state index in [1.54, 1.807) is 0 Å². The number of hydrogen-bond donors (Lipinski definition) is 2. The second-order valence-corrected chi connectivity index (χ2v) is 8.21. The van der Waals surface area contributed by atoms with Crippen LogP contribution in [0.25, 0.3) is 0 Å². The second-order valence-electron chi connectivity index (χ2n) is 6.96. The van der Waals surface area contributed by atoms with Gasteiger partial charge in [0.05, 0.1) is 6.54 Å². The van der Waals surface area contributed by atoms with Crippen molar-refractivity contribution >= 4 is 45.8 Å². The van der Waals surface area contributed by atoms with Crippen molar-refractivity contribution in [3.63, 3.8) is 0 Å². The maximum atomic E-state index is 12.7. The minimum Gasteiger partial charge on any atom is -0.376 e. The first-order chi connectivity index (χ1) is 13.0. The molecule has 1 fully saturated rings. The second kappa shape index (κ2) is 9.21. The number of amides is 2. The first kappa shape index (κ1) is 19.7. The van der Waals surface area contributed by atoms with Gasteiger partial charge in [-0.15, -0.1) is 0 Å². The lowest BCUT2D eigenvalue weighted by atomic mass is 9.98. The van der Waals surface area contributed by atoms with E-state index in [9.17, 15) is 9.59 Å². The molecule has 0 spiro atoms. The Morgan fingerprint density at radius 3 is 2.48 bits per heavy atom. The van der Waals surface area contributed by atoms with E-state index in [-0.39, 0.29) is 18.4 Å². The molecule has 0 aromatic heterocycles. The molecule has 0 bridgehead atoms. The number of anilines is 2. The standard InChI is InChI=1S/C21H24IN3O2/c1-15-9-11-25(12-10-15)21(27)16-3-2-4-19(13-16)23-14-20(26)24-18-7-5-17(22)6-8-18/h2-8,13,15,23H,9-12,14H2,1H3,(H,24,26). The van der Waals surface area contributed by atoms with Gasteiger partial charge in [-0.3, -0.25) is 9.59 Å². The molecule has 1 saturated heterocycles. The highest BCUT2D eigenvalue weighted by atomic mass is 127.